The van der Waals surface area contributed by atoms with Crippen LogP contribution in [0.15, 0.2) is 59.6 Å². The number of carbonyl (C=O) groups is 1. The van der Waals surface area contributed by atoms with Crippen LogP contribution >= 0.6 is 0 Å². The van der Waals surface area contributed by atoms with Gasteiger partial charge in [-0.1, -0.05) is 19.1 Å². The van der Waals surface area contributed by atoms with Crippen LogP contribution in [0.1, 0.15) is 36.7 Å². The number of aliphatic imine (C=N–C) groups is 1. The Hall–Kier alpha value is -3.48. The Kier molecular flexibility index (Phi) is 6.39. The first-order chi connectivity index (χ1) is 13.9. The van der Waals surface area contributed by atoms with E-state index >= 15 is 0 Å². The molecule has 0 unspecified atom stereocenters. The molecule has 7 heteroatoms. The predicted octanol–water partition coefficient (Wildman–Crippen LogP) is 4.38. The summed E-state index contributed by atoms with van der Waals surface area (Å²) in [6, 6.07) is 15.3. The maximum atomic E-state index is 13.1. The summed E-state index contributed by atoms with van der Waals surface area (Å²) < 4.78 is 13.1. The highest BCUT2D eigenvalue weighted by Gasteiger charge is 2.12. The SMILES string of the molecule is CCc1ccc(C(=O)NC(=NC(C)C)Nc2cc(-c3ccc(F)cc3)[nH]n2)cc1. The molecule has 29 heavy (non-hydrogen) atoms. The number of aryl methyl sites for hydroxylation is 1. The zero-order valence-corrected chi connectivity index (χ0v) is 16.7. The van der Waals surface area contributed by atoms with Crippen LogP contribution in [-0.4, -0.2) is 28.1 Å². The van der Waals surface area contributed by atoms with Crippen LogP contribution in [0.25, 0.3) is 11.3 Å². The van der Waals surface area contributed by atoms with Crippen molar-refractivity contribution >= 4 is 17.7 Å². The second-order valence-corrected chi connectivity index (χ2v) is 6.87. The van der Waals surface area contributed by atoms with Gasteiger partial charge in [-0.15, -0.1) is 0 Å². The van der Waals surface area contributed by atoms with Gasteiger partial charge in [-0.3, -0.25) is 15.2 Å². The molecule has 0 aliphatic heterocycles. The number of halogens is 1. The van der Waals surface area contributed by atoms with E-state index < -0.39 is 0 Å². The van der Waals surface area contributed by atoms with E-state index in [1.165, 1.54) is 17.7 Å². The molecule has 0 aliphatic rings. The van der Waals surface area contributed by atoms with Gasteiger partial charge in [-0.2, -0.15) is 5.10 Å². The summed E-state index contributed by atoms with van der Waals surface area (Å²) in [6.07, 6.45) is 0.916. The molecular formula is C22H24FN5O. The molecule has 0 saturated heterocycles. The smallest absolute Gasteiger partial charge is 0.257 e. The quantitative estimate of drug-likeness (QED) is 0.444. The van der Waals surface area contributed by atoms with Crippen LogP contribution in [0.4, 0.5) is 10.2 Å². The molecule has 150 valence electrons. The van der Waals surface area contributed by atoms with Gasteiger partial charge in [-0.25, -0.2) is 9.38 Å². The molecule has 3 rings (SSSR count). The number of nitrogens with one attached hydrogen (secondary N) is 3. The molecular weight excluding hydrogens is 369 g/mol. The number of guanidine groups is 1. The van der Waals surface area contributed by atoms with Crippen LogP contribution < -0.4 is 10.6 Å². The minimum atomic E-state index is -0.298. The molecule has 0 fully saturated rings. The first-order valence-corrected chi connectivity index (χ1v) is 9.51. The van der Waals surface area contributed by atoms with E-state index in [0.29, 0.717) is 17.3 Å². The number of hydrogen-bond acceptors (Lipinski definition) is 3. The van der Waals surface area contributed by atoms with Crippen molar-refractivity contribution in [1.29, 1.82) is 0 Å². The van der Waals surface area contributed by atoms with Crippen molar-refractivity contribution in [3.63, 3.8) is 0 Å². The van der Waals surface area contributed by atoms with Gasteiger partial charge in [0.2, 0.25) is 5.96 Å². The van der Waals surface area contributed by atoms with Crippen molar-refractivity contribution in [2.45, 2.75) is 33.2 Å². The van der Waals surface area contributed by atoms with Crippen molar-refractivity contribution < 1.29 is 9.18 Å². The van der Waals surface area contributed by atoms with E-state index in [2.05, 4.69) is 32.7 Å². The van der Waals surface area contributed by atoms with E-state index in [-0.39, 0.29) is 17.8 Å². The van der Waals surface area contributed by atoms with E-state index in [9.17, 15) is 9.18 Å². The van der Waals surface area contributed by atoms with Crippen molar-refractivity contribution in [1.82, 2.24) is 15.5 Å². The summed E-state index contributed by atoms with van der Waals surface area (Å²) in [4.78, 5) is 17.0. The minimum Gasteiger partial charge on any atom is -0.309 e. The molecule has 2 aromatic carbocycles. The zero-order valence-electron chi connectivity index (χ0n) is 16.7. The highest BCUT2D eigenvalue weighted by atomic mass is 19.1. The van der Waals surface area contributed by atoms with Crippen LogP contribution in [0.5, 0.6) is 0 Å². The number of aromatic amines is 1. The predicted molar refractivity (Wildman–Crippen MR) is 113 cm³/mol. The maximum Gasteiger partial charge on any atom is 0.257 e. The highest BCUT2D eigenvalue weighted by molar-refractivity contribution is 6.09. The number of benzene rings is 2. The van der Waals surface area contributed by atoms with E-state index in [4.69, 9.17) is 0 Å². The number of hydrogen-bond donors (Lipinski definition) is 3. The fourth-order valence-corrected chi connectivity index (χ4v) is 2.71. The minimum absolute atomic E-state index is 0.0317. The summed E-state index contributed by atoms with van der Waals surface area (Å²) in [5.41, 5.74) is 3.24. The Morgan fingerprint density at radius 3 is 2.45 bits per heavy atom. The number of anilines is 1. The first-order valence-electron chi connectivity index (χ1n) is 9.51. The molecule has 0 spiro atoms. The number of aromatic nitrogens is 2. The van der Waals surface area contributed by atoms with Crippen molar-refractivity contribution in [2.24, 2.45) is 4.99 Å². The molecule has 1 aromatic heterocycles. The van der Waals surface area contributed by atoms with Crippen molar-refractivity contribution in [3.8, 4) is 11.3 Å². The van der Waals surface area contributed by atoms with Gasteiger partial charge in [0, 0.05) is 17.7 Å². The highest BCUT2D eigenvalue weighted by Crippen LogP contribution is 2.20. The monoisotopic (exact) mass is 393 g/mol. The number of nitrogens with zero attached hydrogens (tertiary/aromatic N) is 2. The van der Waals surface area contributed by atoms with Crippen LogP contribution in [0, 0.1) is 5.82 Å². The average molecular weight is 393 g/mol. The molecule has 1 amide bonds. The normalized spacial score (nSPS) is 11.6. The first kappa shape index (κ1) is 20.3. The Morgan fingerprint density at radius 2 is 1.83 bits per heavy atom. The molecule has 0 bridgehead atoms. The molecule has 0 atom stereocenters. The summed E-state index contributed by atoms with van der Waals surface area (Å²) >= 11 is 0. The fourth-order valence-electron chi connectivity index (χ4n) is 2.71. The topological polar surface area (TPSA) is 82.2 Å². The Labute approximate surface area is 169 Å². The van der Waals surface area contributed by atoms with Gasteiger partial charge < -0.3 is 5.32 Å². The van der Waals surface area contributed by atoms with Crippen molar-refractivity contribution in [3.05, 3.63) is 71.5 Å². The number of rotatable bonds is 5. The fraction of sp³-hybridized carbons (Fsp3) is 0.227. The Morgan fingerprint density at radius 1 is 1.14 bits per heavy atom. The lowest BCUT2D eigenvalue weighted by atomic mass is 10.1. The van der Waals surface area contributed by atoms with Gasteiger partial charge in [0.25, 0.3) is 5.91 Å². The van der Waals surface area contributed by atoms with Crippen molar-refractivity contribution in [2.75, 3.05) is 5.32 Å². The van der Waals surface area contributed by atoms with Crippen LogP contribution in [0.3, 0.4) is 0 Å². The lowest BCUT2D eigenvalue weighted by Crippen LogP contribution is -2.36. The lowest BCUT2D eigenvalue weighted by Gasteiger charge is -2.11. The molecule has 1 heterocycles. The third kappa shape index (κ3) is 5.51. The summed E-state index contributed by atoms with van der Waals surface area (Å²) in [5, 5.41) is 12.9. The standard InChI is InChI=1S/C22H24FN5O/c1-4-15-5-7-17(8-6-15)21(29)26-22(24-14(2)3)25-20-13-19(27-28-20)16-9-11-18(23)12-10-16/h5-14H,4H2,1-3H3,(H3,24,25,26,27,28,29). The van der Waals surface area contributed by atoms with E-state index in [1.54, 1.807) is 30.3 Å². The van der Waals surface area contributed by atoms with E-state index in [0.717, 1.165) is 17.7 Å². The molecule has 0 radical (unpaired) electrons. The average Bonchev–Trinajstić information content (AvgIpc) is 3.16. The second-order valence-electron chi connectivity index (χ2n) is 6.87. The third-order valence-electron chi connectivity index (χ3n) is 4.22. The molecule has 3 aromatic rings. The largest absolute Gasteiger partial charge is 0.309 e. The Bertz CT molecular complexity index is 991. The van der Waals surface area contributed by atoms with Gasteiger partial charge in [0.15, 0.2) is 5.82 Å². The summed E-state index contributed by atoms with van der Waals surface area (Å²) in [6.45, 7) is 5.90. The third-order valence-corrected chi connectivity index (χ3v) is 4.22. The molecule has 6 nitrogen and oxygen atoms in total. The lowest BCUT2D eigenvalue weighted by molar-refractivity contribution is 0.0977. The summed E-state index contributed by atoms with van der Waals surface area (Å²) in [7, 11) is 0. The second kappa shape index (κ2) is 9.14. The van der Waals surface area contributed by atoms with Gasteiger partial charge in [-0.05, 0) is 67.8 Å². The summed E-state index contributed by atoms with van der Waals surface area (Å²) in [5.74, 6) is 0.244. The molecule has 0 aliphatic carbocycles. The number of H-pyrrole nitrogens is 1. The van der Waals surface area contributed by atoms with Crippen LogP contribution in [0.2, 0.25) is 0 Å². The number of carbonyl (C=O) groups excluding carboxylic acids is 1. The van der Waals surface area contributed by atoms with Gasteiger partial charge >= 0.3 is 0 Å². The Balaban J connectivity index is 1.74. The van der Waals surface area contributed by atoms with Gasteiger partial charge in [0.05, 0.1) is 5.69 Å². The van der Waals surface area contributed by atoms with Crippen LogP contribution in [-0.2, 0) is 6.42 Å². The zero-order chi connectivity index (χ0) is 20.8. The molecule has 3 N–H and O–H groups in total. The molecule has 0 saturated carbocycles. The maximum absolute atomic E-state index is 13.1. The van der Waals surface area contributed by atoms with E-state index in [1.807, 2.05) is 26.0 Å². The number of amides is 1. The van der Waals surface area contributed by atoms with Gasteiger partial charge in [0.1, 0.15) is 5.82 Å².